The van der Waals surface area contributed by atoms with Crippen LogP contribution in [0.3, 0.4) is 0 Å². The molecule has 0 aliphatic carbocycles. The quantitative estimate of drug-likeness (QED) is 0.0143. The van der Waals surface area contributed by atoms with Gasteiger partial charge in [-0.3, -0.25) is 61.2 Å². The molecule has 5 aliphatic heterocycles. The fraction of sp³-hybridized carbons (Fsp3) is 0.618. The van der Waals surface area contributed by atoms with Gasteiger partial charge in [0.25, 0.3) is 16.7 Å². The van der Waals surface area contributed by atoms with E-state index in [1.165, 1.54) is 59.3 Å². The number of imidazole rings is 1. The summed E-state index contributed by atoms with van der Waals surface area (Å²) in [5.74, 6) is -0.557. The van der Waals surface area contributed by atoms with Crippen molar-refractivity contribution in [1.82, 2.24) is 57.7 Å². The van der Waals surface area contributed by atoms with Crippen LogP contribution in [0.4, 0.5) is 17.6 Å². The van der Waals surface area contributed by atoms with E-state index in [0.717, 1.165) is 13.7 Å². The standard InChI is InChI=1S/C55H77BrN16O27P4S4/c1-3-28-14-41(68-7-4-39(58)62-52(68)77)92-35(28)22-90-103(107,86-13-12-85-11-10-84-9-6-57)99-33-18-43(70-19-27(2)48(74)66-54(70)79)94-38(33)25-89-102(83,106)98-32-17-45(72-26-61-46-47(72)64-51(60)65-50(46)76)95-37(32)24-88-101(82,105)97-31-16-42(69-8-5-40(59)63-53(69)78)93-36(31)23-87-100(81,104)96-30-15-44(91-34(30)21-73)71-20-29(56)49(75)67-55(71)80/h4-5,7-8,19-20,26,28,30-38,41-45,73H,3,6,9-18,21-25,57H2,1-2H3,(H,81,104)(H,82,105)(H,83,106)(H2,58,62,77)(H2,59,63,78)(H,66,74,79)(H,67,75,80)(H3,60,64,65,76)/t28?,30?,31?,32?,33?,34-,35-,36-,37-,38-,41-,42-,43-,44-,45-,100?,101?,102?,103?/m1/s1. The van der Waals surface area contributed by atoms with Crippen molar-refractivity contribution in [3.8, 4) is 0 Å². The lowest BCUT2D eigenvalue weighted by atomic mass is 9.98. The van der Waals surface area contributed by atoms with Crippen molar-refractivity contribution in [2.24, 2.45) is 11.7 Å². The number of aryl methyl sites for hydroxylation is 1. The fourth-order valence-electron chi connectivity index (χ4n) is 12.2. The van der Waals surface area contributed by atoms with Crippen LogP contribution in [0, 0.1) is 12.8 Å². The van der Waals surface area contributed by atoms with Crippen LogP contribution in [0.25, 0.3) is 11.2 Å². The minimum Gasteiger partial charge on any atom is -0.394 e. The van der Waals surface area contributed by atoms with Crippen molar-refractivity contribution >= 4 is 119 Å². The molecule has 0 radical (unpaired) electrons. The Balaban J connectivity index is 0.812. The van der Waals surface area contributed by atoms with Gasteiger partial charge in [0.05, 0.1) is 101 Å². The minimum absolute atomic E-state index is 0.00926. The van der Waals surface area contributed by atoms with Crippen LogP contribution in [0.15, 0.2) is 81.3 Å². The number of anilines is 3. The molecule has 6 aromatic heterocycles. The van der Waals surface area contributed by atoms with Gasteiger partial charge in [-0.1, -0.05) is 25.6 Å². The number of H-pyrrole nitrogens is 3. The Morgan fingerprint density at radius 3 is 1.64 bits per heavy atom. The molecule has 107 heavy (non-hydrogen) atoms. The third-order valence-electron chi connectivity index (χ3n) is 17.3. The van der Waals surface area contributed by atoms with Gasteiger partial charge in [0.2, 0.25) is 5.95 Å². The highest BCUT2D eigenvalue weighted by molar-refractivity contribution is 9.10. The minimum atomic E-state index is -4.73. The number of ether oxygens (including phenoxy) is 7. The van der Waals surface area contributed by atoms with Gasteiger partial charge in [-0.05, 0) is 82.7 Å². The zero-order valence-corrected chi connectivity index (χ0v) is 65.0. The molecule has 590 valence electrons. The monoisotopic (exact) mass is 1720 g/mol. The largest absolute Gasteiger partial charge is 0.394 e. The maximum absolute atomic E-state index is 14.7. The Morgan fingerprint density at radius 1 is 0.589 bits per heavy atom. The normalized spacial score (nSPS) is 28.3. The summed E-state index contributed by atoms with van der Waals surface area (Å²) in [6.45, 7) is -16.5. The second kappa shape index (κ2) is 35.8. The van der Waals surface area contributed by atoms with Gasteiger partial charge in [-0.2, -0.15) is 15.0 Å². The van der Waals surface area contributed by atoms with Gasteiger partial charge in [0, 0.05) is 62.6 Å². The summed E-state index contributed by atoms with van der Waals surface area (Å²) in [6.07, 6.45) is -10.2. The summed E-state index contributed by atoms with van der Waals surface area (Å²) < 4.78 is 118. The van der Waals surface area contributed by atoms with Crippen molar-refractivity contribution in [2.45, 2.75) is 138 Å². The molecule has 11 rings (SSSR count). The van der Waals surface area contributed by atoms with Crippen LogP contribution in [0.2, 0.25) is 0 Å². The summed E-state index contributed by atoms with van der Waals surface area (Å²) in [7, 11) is 0. The lowest BCUT2D eigenvalue weighted by molar-refractivity contribution is -0.0560. The first kappa shape index (κ1) is 83.0. The lowest BCUT2D eigenvalue weighted by Gasteiger charge is -2.29. The second-order valence-corrected chi connectivity index (χ2v) is 36.9. The molecule has 6 aromatic rings. The number of aliphatic hydroxyl groups is 1. The molecule has 0 saturated carbocycles. The number of fused-ring (bicyclic) bond motifs is 1. The number of hydrogen-bond donors (Lipinski definition) is 11. The highest BCUT2D eigenvalue weighted by Gasteiger charge is 2.49. The van der Waals surface area contributed by atoms with Crippen molar-refractivity contribution < 1.29 is 93.3 Å². The van der Waals surface area contributed by atoms with Gasteiger partial charge >= 0.3 is 49.7 Å². The maximum Gasteiger partial charge on any atom is 0.386 e. The first-order valence-corrected chi connectivity index (χ1v) is 44.1. The van der Waals surface area contributed by atoms with E-state index in [1.54, 1.807) is 0 Å². The number of halogens is 1. The number of nitrogen functional groups attached to an aromatic ring is 3. The molecule has 5 fully saturated rings. The van der Waals surface area contributed by atoms with Crippen molar-refractivity contribution in [3.63, 3.8) is 0 Å². The number of aromatic nitrogens is 12. The first-order chi connectivity index (χ1) is 50.8. The van der Waals surface area contributed by atoms with Crippen LogP contribution in [0.1, 0.15) is 82.2 Å². The number of thiol groups is 1. The van der Waals surface area contributed by atoms with Crippen LogP contribution in [-0.2, 0) is 114 Å². The molecule has 9 unspecified atom stereocenters. The third kappa shape index (κ3) is 21.1. The topological polar surface area (TPSA) is 573 Å². The van der Waals surface area contributed by atoms with Crippen LogP contribution < -0.4 is 62.4 Å². The first-order valence-electron chi connectivity index (χ1n) is 32.8. The molecule has 11 heterocycles. The molecule has 14 N–H and O–H groups in total. The zero-order valence-electron chi connectivity index (χ0n) is 56.5. The van der Waals surface area contributed by atoms with E-state index >= 15 is 0 Å². The summed E-state index contributed by atoms with van der Waals surface area (Å²) in [5, 5.41) is 10.2. The van der Waals surface area contributed by atoms with Crippen molar-refractivity contribution in [1.29, 1.82) is 0 Å². The van der Waals surface area contributed by atoms with E-state index in [9.17, 15) is 53.0 Å². The van der Waals surface area contributed by atoms with Crippen molar-refractivity contribution in [3.05, 3.63) is 126 Å². The van der Waals surface area contributed by atoms with E-state index in [-0.39, 0.29) is 103 Å². The molecule has 19 atom stereocenters. The molecule has 5 saturated heterocycles. The molecule has 52 heteroatoms. The van der Waals surface area contributed by atoms with E-state index in [1.807, 2.05) is 6.92 Å². The second-order valence-electron chi connectivity index (χ2n) is 24.6. The van der Waals surface area contributed by atoms with E-state index < -0.39 is 179 Å². The van der Waals surface area contributed by atoms with Crippen molar-refractivity contribution in [2.75, 3.05) is 89.8 Å². The summed E-state index contributed by atoms with van der Waals surface area (Å²) in [6, 6.07) is 2.77. The number of nitrogens with two attached hydrogens (primary N) is 4. The average Bonchev–Trinajstić information content (AvgIpc) is 1.63. The van der Waals surface area contributed by atoms with E-state index in [0.29, 0.717) is 26.0 Å². The molecule has 0 aromatic carbocycles. The Hall–Kier alpha value is -4.92. The molecular weight excluding hydrogens is 1650 g/mol. The summed E-state index contributed by atoms with van der Waals surface area (Å²) >= 11 is 24.6. The Kier molecular flexibility index (Phi) is 27.8. The van der Waals surface area contributed by atoms with Crippen LogP contribution >= 0.6 is 55.1 Å². The molecule has 0 spiro atoms. The molecular formula is C55H77BrN16O27P4S4. The average molecular weight is 1730 g/mol. The SMILES string of the molecule is CCC1C[C@H](n2ccc(N)nc2=O)O[C@@H]1COP(=S)(OCCOCCOCCN)OC1C[C@H](n2cc(C)c(=O)[nH]c2=O)O[C@@H]1COP(O)(=S)OC1C[C@H](n2cnc3c(=O)[nH]c(N)nc32)O[C@@H]1COP(=O)(S)OC1C[C@H](n2ccc(N)nc2=O)O[C@@H]1COP(O)(=S)OC1C[C@H](n2cc(Br)c(=O)[nH]c2=O)O[C@@H]1CO. The number of aliphatic hydroxyl groups excluding tert-OH is 1. The Morgan fingerprint density at radius 2 is 1.07 bits per heavy atom. The predicted octanol–water partition coefficient (Wildman–Crippen LogP) is 0.319. The Labute approximate surface area is 632 Å². The number of rotatable bonds is 36. The van der Waals surface area contributed by atoms with Gasteiger partial charge in [0.1, 0.15) is 73.3 Å². The number of aromatic amines is 3. The third-order valence-corrected chi connectivity index (χ3v) is 25.1. The van der Waals surface area contributed by atoms with Gasteiger partial charge in [0.15, 0.2) is 11.2 Å². The van der Waals surface area contributed by atoms with Gasteiger partial charge in [-0.25, -0.2) is 28.7 Å². The Bertz CT molecular complexity index is 4810. The molecule has 43 nitrogen and oxygen atoms in total. The smallest absolute Gasteiger partial charge is 0.386 e. The van der Waals surface area contributed by atoms with E-state index in [2.05, 4.69) is 63.1 Å². The van der Waals surface area contributed by atoms with Crippen LogP contribution in [-0.4, -0.2) is 200 Å². The number of hydrogen-bond acceptors (Lipinski definition) is 36. The van der Waals surface area contributed by atoms with Crippen LogP contribution in [0.5, 0.6) is 0 Å². The number of nitrogens with zero attached hydrogens (tertiary/aromatic N) is 9. The zero-order chi connectivity index (χ0) is 76.9. The summed E-state index contributed by atoms with van der Waals surface area (Å²) in [5.41, 5.74) is 17.7. The van der Waals surface area contributed by atoms with Gasteiger partial charge < -0.3 is 103 Å². The lowest BCUT2D eigenvalue weighted by Crippen LogP contribution is -2.33. The molecule has 0 amide bonds. The predicted molar refractivity (Wildman–Crippen MR) is 391 cm³/mol. The summed E-state index contributed by atoms with van der Waals surface area (Å²) in [4.78, 5) is 136. The highest BCUT2D eigenvalue weighted by atomic mass is 79.9. The molecule has 0 bridgehead atoms. The van der Waals surface area contributed by atoms with Gasteiger partial charge in [-0.15, -0.1) is 0 Å². The molecule has 5 aliphatic rings. The number of nitrogens with one attached hydrogen (secondary N) is 3. The maximum atomic E-state index is 14.7. The van der Waals surface area contributed by atoms with E-state index in [4.69, 9.17) is 132 Å². The highest BCUT2D eigenvalue weighted by Crippen LogP contribution is 2.59. The fourth-order valence-corrected chi connectivity index (χ4v) is 19.1.